The number of hydrogen-bond donors (Lipinski definition) is 0. The maximum atomic E-state index is 13.7. The Morgan fingerprint density at radius 1 is 1.06 bits per heavy atom. The van der Waals surface area contributed by atoms with Crippen LogP contribution in [-0.4, -0.2) is 12.9 Å². The van der Waals surface area contributed by atoms with Crippen molar-refractivity contribution in [3.05, 3.63) is 111 Å². The fourth-order valence-corrected chi connectivity index (χ4v) is 4.38. The summed E-state index contributed by atoms with van der Waals surface area (Å²) in [6, 6.07) is 22.3. The molecule has 0 saturated heterocycles. The second-order valence-corrected chi connectivity index (χ2v) is 7.94. The first-order valence-corrected chi connectivity index (χ1v) is 10.5. The van der Waals surface area contributed by atoms with Crippen molar-refractivity contribution < 1.29 is 13.9 Å². The van der Waals surface area contributed by atoms with Gasteiger partial charge in [-0.3, -0.25) is 9.59 Å². The van der Waals surface area contributed by atoms with Crippen LogP contribution in [0.2, 0.25) is 0 Å². The second kappa shape index (κ2) is 7.92. The number of carbonyl (C=O) groups excluding carboxylic acids is 1. The average molecular weight is 433 g/mol. The maximum Gasteiger partial charge on any atom is 0.200 e. The highest BCUT2D eigenvalue weighted by molar-refractivity contribution is 5.99. The fourth-order valence-electron chi connectivity index (χ4n) is 4.38. The van der Waals surface area contributed by atoms with Crippen molar-refractivity contribution in [2.45, 2.75) is 12.8 Å². The molecule has 1 aromatic heterocycles. The van der Waals surface area contributed by atoms with Gasteiger partial charge in [0.25, 0.3) is 0 Å². The number of rotatable bonds is 3. The van der Waals surface area contributed by atoms with E-state index in [-0.39, 0.29) is 11.2 Å². The molecule has 5 rings (SSSR count). The van der Waals surface area contributed by atoms with Crippen LogP contribution in [0.3, 0.4) is 0 Å². The molecule has 5 heteroatoms. The van der Waals surface area contributed by atoms with Gasteiger partial charge in [0.1, 0.15) is 17.1 Å². The summed E-state index contributed by atoms with van der Waals surface area (Å²) < 4.78 is 11.8. The lowest BCUT2D eigenvalue weighted by Gasteiger charge is -2.21. The zero-order chi connectivity index (χ0) is 23.1. The van der Waals surface area contributed by atoms with E-state index in [1.54, 1.807) is 37.5 Å². The van der Waals surface area contributed by atoms with Crippen LogP contribution in [0, 0.1) is 11.3 Å². The molecule has 1 heterocycles. The van der Waals surface area contributed by atoms with Gasteiger partial charge in [0, 0.05) is 5.56 Å². The van der Waals surface area contributed by atoms with Crippen LogP contribution < -0.4 is 10.2 Å². The van der Waals surface area contributed by atoms with Crippen LogP contribution in [0.25, 0.3) is 22.6 Å². The van der Waals surface area contributed by atoms with Crippen LogP contribution in [0.1, 0.15) is 51.2 Å². The van der Waals surface area contributed by atoms with E-state index in [2.05, 4.69) is 6.07 Å². The Labute approximate surface area is 190 Å². The summed E-state index contributed by atoms with van der Waals surface area (Å²) in [5, 5.41) is 10.3. The van der Waals surface area contributed by atoms with Gasteiger partial charge in [-0.25, -0.2) is 0 Å². The molecule has 160 valence electrons. The summed E-state index contributed by atoms with van der Waals surface area (Å²) in [5.74, 6) is 0.526. The molecule has 1 aliphatic rings. The molecular weight excluding hydrogens is 414 g/mol. The SMILES string of the molecule is COc1ccc2c(c1)C(c1ccccc1)c1oc3ccc(C(C)=O)cc3c(=O)c1C=C2C#N. The van der Waals surface area contributed by atoms with Gasteiger partial charge in [-0.2, -0.15) is 5.26 Å². The van der Waals surface area contributed by atoms with Crippen LogP contribution in [0.5, 0.6) is 5.75 Å². The summed E-state index contributed by atoms with van der Waals surface area (Å²) >= 11 is 0. The standard InChI is InChI=1S/C28H19NO4/c1-16(30)18-8-11-25-23(12-18)27(31)24-13-19(15-29)21-10-9-20(32-2)14-22(21)26(28(24)33-25)17-6-4-3-5-7-17/h3-14,26H,1-2H3. The van der Waals surface area contributed by atoms with Crippen LogP contribution in [0.4, 0.5) is 0 Å². The lowest BCUT2D eigenvalue weighted by Crippen LogP contribution is -2.14. The monoisotopic (exact) mass is 433 g/mol. The molecule has 1 aliphatic carbocycles. The highest BCUT2D eigenvalue weighted by atomic mass is 16.5. The van der Waals surface area contributed by atoms with Gasteiger partial charge in [-0.05, 0) is 66.1 Å². The largest absolute Gasteiger partial charge is 0.497 e. The molecule has 0 saturated carbocycles. The molecule has 0 amide bonds. The van der Waals surface area contributed by atoms with Crippen molar-refractivity contribution in [2.75, 3.05) is 7.11 Å². The third kappa shape index (κ3) is 3.33. The van der Waals surface area contributed by atoms with E-state index in [9.17, 15) is 14.9 Å². The van der Waals surface area contributed by atoms with E-state index < -0.39 is 5.92 Å². The first kappa shape index (κ1) is 20.5. The van der Waals surface area contributed by atoms with Crippen molar-refractivity contribution in [3.8, 4) is 11.8 Å². The van der Waals surface area contributed by atoms with Crippen molar-refractivity contribution in [1.82, 2.24) is 0 Å². The van der Waals surface area contributed by atoms with Gasteiger partial charge in [-0.15, -0.1) is 0 Å². The number of allylic oxidation sites excluding steroid dienone is 1. The van der Waals surface area contributed by atoms with Gasteiger partial charge in [0.2, 0.25) is 0 Å². The number of benzene rings is 3. The van der Waals surface area contributed by atoms with E-state index in [1.807, 2.05) is 42.5 Å². The van der Waals surface area contributed by atoms with Crippen LogP contribution in [-0.2, 0) is 0 Å². The summed E-state index contributed by atoms with van der Waals surface area (Å²) in [4.78, 5) is 25.6. The Hall–Kier alpha value is -4.43. The predicted molar refractivity (Wildman–Crippen MR) is 126 cm³/mol. The summed E-state index contributed by atoms with van der Waals surface area (Å²) in [6.07, 6.45) is 1.59. The van der Waals surface area contributed by atoms with Gasteiger partial charge >= 0.3 is 0 Å². The molecule has 0 bridgehead atoms. The average Bonchev–Trinajstić information content (AvgIpc) is 2.98. The Balaban J connectivity index is 1.92. The molecule has 0 fully saturated rings. The summed E-state index contributed by atoms with van der Waals surface area (Å²) in [7, 11) is 1.59. The molecule has 0 spiro atoms. The first-order valence-electron chi connectivity index (χ1n) is 10.5. The number of Topliss-reactive ketones (excluding diaryl/α,β-unsaturated/α-hetero) is 1. The number of carbonyl (C=O) groups is 1. The Kier molecular flexibility index (Phi) is 4.91. The van der Waals surface area contributed by atoms with Crippen molar-refractivity contribution >= 4 is 28.4 Å². The van der Waals surface area contributed by atoms with Gasteiger partial charge < -0.3 is 9.15 Å². The zero-order valence-electron chi connectivity index (χ0n) is 18.1. The number of fused-ring (bicyclic) bond motifs is 3. The molecule has 3 aromatic carbocycles. The van der Waals surface area contributed by atoms with Crippen molar-refractivity contribution in [3.63, 3.8) is 0 Å². The van der Waals surface area contributed by atoms with Crippen molar-refractivity contribution in [1.29, 1.82) is 5.26 Å². The van der Waals surface area contributed by atoms with Crippen LogP contribution in [0.15, 0.2) is 75.9 Å². The van der Waals surface area contributed by atoms with E-state index >= 15 is 0 Å². The number of ketones is 1. The molecule has 33 heavy (non-hydrogen) atoms. The molecule has 0 radical (unpaired) electrons. The molecule has 1 atom stereocenters. The van der Waals surface area contributed by atoms with E-state index in [1.165, 1.54) is 6.92 Å². The predicted octanol–water partition coefficient (Wildman–Crippen LogP) is 5.56. The lowest BCUT2D eigenvalue weighted by atomic mass is 9.85. The molecule has 4 aromatic rings. The number of ether oxygens (including phenoxy) is 1. The fraction of sp³-hybridized carbons (Fsp3) is 0.107. The quantitative estimate of drug-likeness (QED) is 0.395. The highest BCUT2D eigenvalue weighted by Crippen LogP contribution is 2.43. The third-order valence-electron chi connectivity index (χ3n) is 6.02. The minimum Gasteiger partial charge on any atom is -0.497 e. The summed E-state index contributed by atoms with van der Waals surface area (Å²) in [6.45, 7) is 1.45. The second-order valence-electron chi connectivity index (χ2n) is 7.94. The van der Waals surface area contributed by atoms with E-state index in [0.29, 0.717) is 44.7 Å². The smallest absolute Gasteiger partial charge is 0.200 e. The minimum atomic E-state index is -0.432. The number of methoxy groups -OCH3 is 1. The third-order valence-corrected chi connectivity index (χ3v) is 6.02. The Morgan fingerprint density at radius 2 is 1.85 bits per heavy atom. The lowest BCUT2D eigenvalue weighted by molar-refractivity contribution is 0.101. The molecule has 1 unspecified atom stereocenters. The number of hydrogen-bond acceptors (Lipinski definition) is 5. The number of nitrogens with zero attached hydrogens (tertiary/aromatic N) is 1. The van der Waals surface area contributed by atoms with Gasteiger partial charge in [0.15, 0.2) is 11.2 Å². The first-order chi connectivity index (χ1) is 16.0. The topological polar surface area (TPSA) is 80.3 Å². The maximum absolute atomic E-state index is 13.7. The number of nitriles is 1. The Bertz CT molecular complexity index is 1560. The van der Waals surface area contributed by atoms with Crippen molar-refractivity contribution in [2.24, 2.45) is 0 Å². The highest BCUT2D eigenvalue weighted by Gasteiger charge is 2.31. The normalized spacial score (nSPS) is 14.5. The molecular formula is C28H19NO4. The molecule has 0 N–H and O–H groups in total. The van der Waals surface area contributed by atoms with E-state index in [4.69, 9.17) is 9.15 Å². The van der Waals surface area contributed by atoms with Crippen LogP contribution >= 0.6 is 0 Å². The van der Waals surface area contributed by atoms with Gasteiger partial charge in [0.05, 0.1) is 35.6 Å². The summed E-state index contributed by atoms with van der Waals surface area (Å²) in [5.41, 5.74) is 3.67. The zero-order valence-corrected chi connectivity index (χ0v) is 18.1. The van der Waals surface area contributed by atoms with E-state index in [0.717, 1.165) is 11.1 Å². The molecule has 5 nitrogen and oxygen atoms in total. The molecule has 0 aliphatic heterocycles. The van der Waals surface area contributed by atoms with Gasteiger partial charge in [-0.1, -0.05) is 30.3 Å². The minimum absolute atomic E-state index is 0.138. The Morgan fingerprint density at radius 3 is 2.55 bits per heavy atom.